The molecule has 0 aliphatic heterocycles. The molecule has 0 aliphatic carbocycles. The van der Waals surface area contributed by atoms with Crippen LogP contribution in [0.4, 0.5) is 10.1 Å². The van der Waals surface area contributed by atoms with E-state index in [-0.39, 0.29) is 17.3 Å². The molecule has 0 aliphatic rings. The van der Waals surface area contributed by atoms with Crippen molar-refractivity contribution in [3.8, 4) is 0 Å². The monoisotopic (exact) mass is 323 g/mol. The standard InChI is InChI=1S/C11H15BrFNO2S/c1-2-17(15,16)8-4-7-14-11-9(12)5-3-6-10(11)13/h3,5-6,14H,2,4,7-8H2,1H3. The highest BCUT2D eigenvalue weighted by Crippen LogP contribution is 2.24. The van der Waals surface area contributed by atoms with Crippen LogP contribution in [0.15, 0.2) is 22.7 Å². The zero-order chi connectivity index (χ0) is 12.9. The number of rotatable bonds is 6. The quantitative estimate of drug-likeness (QED) is 0.819. The number of hydrogen-bond donors (Lipinski definition) is 1. The molecule has 1 rings (SSSR count). The topological polar surface area (TPSA) is 46.2 Å². The van der Waals surface area contributed by atoms with Gasteiger partial charge in [-0.05, 0) is 34.5 Å². The van der Waals surface area contributed by atoms with Gasteiger partial charge in [0.25, 0.3) is 0 Å². The van der Waals surface area contributed by atoms with Crippen LogP contribution < -0.4 is 5.32 Å². The third-order valence-corrected chi connectivity index (χ3v) is 4.79. The minimum absolute atomic E-state index is 0.128. The molecule has 6 heteroatoms. The highest BCUT2D eigenvalue weighted by atomic mass is 79.9. The van der Waals surface area contributed by atoms with Crippen molar-refractivity contribution in [1.82, 2.24) is 0 Å². The van der Waals surface area contributed by atoms with Crippen molar-refractivity contribution in [2.45, 2.75) is 13.3 Å². The molecule has 1 N–H and O–H groups in total. The molecule has 1 aromatic carbocycles. The summed E-state index contributed by atoms with van der Waals surface area (Å²) in [5, 5.41) is 2.89. The van der Waals surface area contributed by atoms with Crippen LogP contribution in [0.5, 0.6) is 0 Å². The molecule has 0 spiro atoms. The van der Waals surface area contributed by atoms with Gasteiger partial charge in [0.15, 0.2) is 0 Å². The molecule has 1 aromatic rings. The summed E-state index contributed by atoms with van der Waals surface area (Å²) < 4.78 is 36.5. The van der Waals surface area contributed by atoms with Gasteiger partial charge in [-0.25, -0.2) is 12.8 Å². The van der Waals surface area contributed by atoms with Crippen molar-refractivity contribution in [2.75, 3.05) is 23.4 Å². The lowest BCUT2D eigenvalue weighted by Crippen LogP contribution is -2.13. The van der Waals surface area contributed by atoms with Crippen LogP contribution in [0.3, 0.4) is 0 Å². The number of nitrogens with one attached hydrogen (secondary N) is 1. The van der Waals surface area contributed by atoms with Crippen molar-refractivity contribution in [3.63, 3.8) is 0 Å². The minimum Gasteiger partial charge on any atom is -0.382 e. The van der Waals surface area contributed by atoms with Crippen molar-refractivity contribution < 1.29 is 12.8 Å². The Morgan fingerprint density at radius 1 is 1.41 bits per heavy atom. The lowest BCUT2D eigenvalue weighted by molar-refractivity contribution is 0.595. The number of para-hydroxylation sites is 1. The normalized spacial score (nSPS) is 11.5. The van der Waals surface area contributed by atoms with Gasteiger partial charge < -0.3 is 5.32 Å². The van der Waals surface area contributed by atoms with Crippen molar-refractivity contribution in [3.05, 3.63) is 28.5 Å². The molecule has 0 atom stereocenters. The first-order chi connectivity index (χ1) is 7.96. The highest BCUT2D eigenvalue weighted by Gasteiger charge is 2.08. The van der Waals surface area contributed by atoms with Gasteiger partial charge in [-0.15, -0.1) is 0 Å². The molecule has 0 saturated carbocycles. The molecule has 0 aromatic heterocycles. The smallest absolute Gasteiger partial charge is 0.150 e. The molecular weight excluding hydrogens is 309 g/mol. The summed E-state index contributed by atoms with van der Waals surface area (Å²) in [6.07, 6.45) is 0.469. The number of benzene rings is 1. The Labute approximate surface area is 109 Å². The van der Waals surface area contributed by atoms with Crippen molar-refractivity contribution in [1.29, 1.82) is 0 Å². The average Bonchev–Trinajstić information content (AvgIpc) is 2.27. The predicted molar refractivity (Wildman–Crippen MR) is 71.5 cm³/mol. The third kappa shape index (κ3) is 4.63. The molecule has 3 nitrogen and oxygen atoms in total. The van der Waals surface area contributed by atoms with Gasteiger partial charge in [-0.1, -0.05) is 13.0 Å². The molecule has 17 heavy (non-hydrogen) atoms. The number of halogens is 2. The van der Waals surface area contributed by atoms with E-state index in [2.05, 4.69) is 21.2 Å². The predicted octanol–water partition coefficient (Wildman–Crippen LogP) is 2.82. The molecule has 0 saturated heterocycles. The lowest BCUT2D eigenvalue weighted by atomic mass is 10.3. The van der Waals surface area contributed by atoms with E-state index in [9.17, 15) is 12.8 Å². The molecule has 0 bridgehead atoms. The van der Waals surface area contributed by atoms with E-state index in [0.29, 0.717) is 23.1 Å². The molecule has 0 unspecified atom stereocenters. The highest BCUT2D eigenvalue weighted by molar-refractivity contribution is 9.10. The van der Waals surface area contributed by atoms with Crippen molar-refractivity contribution in [2.24, 2.45) is 0 Å². The average molecular weight is 324 g/mol. The maximum atomic E-state index is 13.4. The van der Waals surface area contributed by atoms with E-state index in [0.717, 1.165) is 0 Å². The van der Waals surface area contributed by atoms with Crippen LogP contribution >= 0.6 is 15.9 Å². The summed E-state index contributed by atoms with van der Waals surface area (Å²) >= 11 is 3.23. The van der Waals surface area contributed by atoms with Gasteiger partial charge in [0.2, 0.25) is 0 Å². The summed E-state index contributed by atoms with van der Waals surface area (Å²) in [6.45, 7) is 2.05. The Bertz CT molecular complexity index is 456. The van der Waals surface area contributed by atoms with Crippen LogP contribution in [0.2, 0.25) is 0 Å². The second kappa shape index (κ2) is 6.35. The van der Waals surface area contributed by atoms with Crippen LogP contribution in [-0.2, 0) is 9.84 Å². The first kappa shape index (κ1) is 14.4. The minimum atomic E-state index is -2.94. The van der Waals surface area contributed by atoms with Crippen LogP contribution in [0.25, 0.3) is 0 Å². The number of hydrogen-bond acceptors (Lipinski definition) is 3. The van der Waals surface area contributed by atoms with Gasteiger partial charge in [0, 0.05) is 16.8 Å². The lowest BCUT2D eigenvalue weighted by Gasteiger charge is -2.09. The van der Waals surface area contributed by atoms with Gasteiger partial charge in [-0.3, -0.25) is 0 Å². The molecule has 0 fully saturated rings. The zero-order valence-corrected chi connectivity index (χ0v) is 11.9. The summed E-state index contributed by atoms with van der Waals surface area (Å²) in [5.41, 5.74) is 0.376. The molecule has 0 amide bonds. The first-order valence-corrected chi connectivity index (χ1v) is 7.96. The molecule has 0 heterocycles. The maximum Gasteiger partial charge on any atom is 0.150 e. The van der Waals surface area contributed by atoms with Crippen LogP contribution in [-0.4, -0.2) is 26.5 Å². The molecule has 96 valence electrons. The SMILES string of the molecule is CCS(=O)(=O)CCCNc1c(F)cccc1Br. The fraction of sp³-hybridized carbons (Fsp3) is 0.455. The Morgan fingerprint density at radius 2 is 2.12 bits per heavy atom. The van der Waals surface area contributed by atoms with E-state index < -0.39 is 9.84 Å². The first-order valence-electron chi connectivity index (χ1n) is 5.34. The number of sulfone groups is 1. The van der Waals surface area contributed by atoms with E-state index in [4.69, 9.17) is 0 Å². The van der Waals surface area contributed by atoms with E-state index in [1.165, 1.54) is 6.07 Å². The van der Waals surface area contributed by atoms with Gasteiger partial charge >= 0.3 is 0 Å². The Morgan fingerprint density at radius 3 is 2.71 bits per heavy atom. The Kier molecular flexibility index (Phi) is 5.39. The summed E-state index contributed by atoms with van der Waals surface area (Å²) in [7, 11) is -2.94. The van der Waals surface area contributed by atoms with Gasteiger partial charge in [-0.2, -0.15) is 0 Å². The van der Waals surface area contributed by atoms with Gasteiger partial charge in [0.1, 0.15) is 15.7 Å². The largest absolute Gasteiger partial charge is 0.382 e. The van der Waals surface area contributed by atoms with E-state index >= 15 is 0 Å². The zero-order valence-electron chi connectivity index (χ0n) is 9.54. The van der Waals surface area contributed by atoms with Gasteiger partial charge in [0.05, 0.1) is 11.4 Å². The van der Waals surface area contributed by atoms with Crippen LogP contribution in [0, 0.1) is 5.82 Å². The fourth-order valence-corrected chi connectivity index (χ4v) is 2.67. The maximum absolute atomic E-state index is 13.4. The third-order valence-electron chi connectivity index (χ3n) is 2.34. The molecular formula is C11H15BrFNO2S. The Hall–Kier alpha value is -0.620. The Balaban J connectivity index is 2.47. The molecule has 0 radical (unpaired) electrons. The number of anilines is 1. The van der Waals surface area contributed by atoms with E-state index in [1.54, 1.807) is 19.1 Å². The second-order valence-electron chi connectivity index (χ2n) is 3.61. The van der Waals surface area contributed by atoms with E-state index in [1.807, 2.05) is 0 Å². The summed E-state index contributed by atoms with van der Waals surface area (Å²) in [4.78, 5) is 0. The van der Waals surface area contributed by atoms with Crippen molar-refractivity contribution >= 4 is 31.5 Å². The summed E-state index contributed by atoms with van der Waals surface area (Å²) in [5.74, 6) is -0.0726. The second-order valence-corrected chi connectivity index (χ2v) is 6.94. The van der Waals surface area contributed by atoms with Crippen LogP contribution in [0.1, 0.15) is 13.3 Å². The fourth-order valence-electron chi connectivity index (χ4n) is 1.32. The summed E-state index contributed by atoms with van der Waals surface area (Å²) in [6, 6.07) is 4.69.